The smallest absolute Gasteiger partial charge is 0.156 e. The number of hydrogen-bond acceptors (Lipinski definition) is 6. The van der Waals surface area contributed by atoms with E-state index in [2.05, 4.69) is 25.6 Å². The van der Waals surface area contributed by atoms with E-state index in [1.165, 1.54) is 18.5 Å². The second kappa shape index (κ2) is 6.51. The van der Waals surface area contributed by atoms with Gasteiger partial charge in [0.15, 0.2) is 5.82 Å². The van der Waals surface area contributed by atoms with E-state index >= 15 is 0 Å². The lowest BCUT2D eigenvalue weighted by molar-refractivity contribution is 0.310. The molecule has 7 heteroatoms. The molecule has 0 unspecified atom stereocenters. The van der Waals surface area contributed by atoms with Gasteiger partial charge >= 0.3 is 0 Å². The lowest BCUT2D eigenvalue weighted by Crippen LogP contribution is -2.11. The maximum absolute atomic E-state index is 13.7. The molecule has 2 bridgehead atoms. The highest BCUT2D eigenvalue weighted by Crippen LogP contribution is 2.29. The summed E-state index contributed by atoms with van der Waals surface area (Å²) in [4.78, 5) is 13.2. The first-order chi connectivity index (χ1) is 12.2. The zero-order valence-corrected chi connectivity index (χ0v) is 13.8. The van der Waals surface area contributed by atoms with Gasteiger partial charge in [-0.15, -0.1) is 0 Å². The van der Waals surface area contributed by atoms with E-state index in [0.717, 1.165) is 17.5 Å². The molecule has 0 aliphatic carbocycles. The van der Waals surface area contributed by atoms with E-state index in [4.69, 9.17) is 4.74 Å². The summed E-state index contributed by atoms with van der Waals surface area (Å²) < 4.78 is 19.6. The standard InChI is InChI=1S/C18H18FN5O/c1-11-13-9-12(19)3-5-15(13)25-8-2-7-20-18-17-14(21-10-22-18)4-6-16(23-11)24-17/h3-6,9-11H,2,7-8H2,1H3,(H,23,24)(H,20,21,22)/t11-/m1/s1. The normalized spacial score (nSPS) is 17.3. The molecule has 0 spiro atoms. The van der Waals surface area contributed by atoms with Crippen molar-refractivity contribution in [2.75, 3.05) is 23.8 Å². The molecule has 1 aromatic carbocycles. The van der Waals surface area contributed by atoms with Gasteiger partial charge in [0.25, 0.3) is 0 Å². The molecule has 0 saturated carbocycles. The van der Waals surface area contributed by atoms with E-state index in [1.807, 2.05) is 19.1 Å². The summed E-state index contributed by atoms with van der Waals surface area (Å²) in [6.45, 7) is 3.17. The highest BCUT2D eigenvalue weighted by atomic mass is 19.1. The van der Waals surface area contributed by atoms with Crippen molar-refractivity contribution in [2.45, 2.75) is 19.4 Å². The number of aromatic nitrogens is 3. The highest BCUT2D eigenvalue weighted by Gasteiger charge is 2.15. The van der Waals surface area contributed by atoms with Crippen LogP contribution in [0.5, 0.6) is 5.75 Å². The van der Waals surface area contributed by atoms with Crippen LogP contribution in [-0.2, 0) is 0 Å². The fourth-order valence-corrected chi connectivity index (χ4v) is 2.90. The third kappa shape index (κ3) is 3.17. The minimum Gasteiger partial charge on any atom is -0.493 e. The quantitative estimate of drug-likeness (QED) is 0.653. The maximum Gasteiger partial charge on any atom is 0.156 e. The van der Waals surface area contributed by atoms with Crippen LogP contribution in [-0.4, -0.2) is 28.1 Å². The van der Waals surface area contributed by atoms with Crippen LogP contribution >= 0.6 is 0 Å². The van der Waals surface area contributed by atoms with Gasteiger partial charge in [0, 0.05) is 12.1 Å². The molecular weight excluding hydrogens is 321 g/mol. The lowest BCUT2D eigenvalue weighted by atomic mass is 10.1. The molecule has 2 N–H and O–H groups in total. The van der Waals surface area contributed by atoms with Crippen molar-refractivity contribution >= 4 is 22.7 Å². The Morgan fingerprint density at radius 3 is 3.04 bits per heavy atom. The molecule has 4 rings (SSSR count). The molecule has 0 amide bonds. The molecule has 1 aliphatic heterocycles. The van der Waals surface area contributed by atoms with E-state index in [1.54, 1.807) is 6.07 Å². The summed E-state index contributed by atoms with van der Waals surface area (Å²) in [7, 11) is 0. The number of halogens is 1. The number of ether oxygens (including phenoxy) is 1. The minimum atomic E-state index is -0.288. The van der Waals surface area contributed by atoms with Crippen LogP contribution in [0.1, 0.15) is 24.9 Å². The molecule has 1 atom stereocenters. The number of rotatable bonds is 0. The van der Waals surface area contributed by atoms with Crippen LogP contribution in [0.4, 0.5) is 16.0 Å². The number of pyridine rings is 1. The molecule has 3 aromatic rings. The monoisotopic (exact) mass is 339 g/mol. The van der Waals surface area contributed by atoms with E-state index in [9.17, 15) is 4.39 Å². The molecule has 1 aliphatic rings. The second-order valence-electron chi connectivity index (χ2n) is 5.96. The van der Waals surface area contributed by atoms with E-state index in [-0.39, 0.29) is 11.9 Å². The third-order valence-electron chi connectivity index (χ3n) is 4.16. The van der Waals surface area contributed by atoms with Gasteiger partial charge in [-0.1, -0.05) is 0 Å². The van der Waals surface area contributed by atoms with Gasteiger partial charge in [-0.2, -0.15) is 0 Å². The number of nitrogens with one attached hydrogen (secondary N) is 2. The molecule has 2 aromatic heterocycles. The first-order valence-corrected chi connectivity index (χ1v) is 8.25. The Kier molecular flexibility index (Phi) is 4.05. The van der Waals surface area contributed by atoms with Gasteiger partial charge in [0.1, 0.15) is 29.2 Å². The molecule has 6 nitrogen and oxygen atoms in total. The lowest BCUT2D eigenvalue weighted by Gasteiger charge is -2.19. The summed E-state index contributed by atoms with van der Waals surface area (Å²) in [5.41, 5.74) is 2.24. The molecule has 0 fully saturated rings. The Labute approximate surface area is 144 Å². The molecular formula is C18H18FN5O. The maximum atomic E-state index is 13.7. The number of benzene rings is 1. The summed E-state index contributed by atoms with van der Waals surface area (Å²) >= 11 is 0. The minimum absolute atomic E-state index is 0.169. The molecule has 25 heavy (non-hydrogen) atoms. The van der Waals surface area contributed by atoms with Crippen LogP contribution in [0.2, 0.25) is 0 Å². The fraction of sp³-hybridized carbons (Fsp3) is 0.278. The number of nitrogens with zero attached hydrogens (tertiary/aromatic N) is 3. The van der Waals surface area contributed by atoms with Crippen LogP contribution in [0.15, 0.2) is 36.7 Å². The summed E-state index contributed by atoms with van der Waals surface area (Å²) in [5.74, 6) is 1.76. The van der Waals surface area contributed by atoms with Crippen LogP contribution in [0, 0.1) is 5.82 Å². The third-order valence-corrected chi connectivity index (χ3v) is 4.16. The predicted octanol–water partition coefficient (Wildman–Crippen LogP) is 3.53. The second-order valence-corrected chi connectivity index (χ2v) is 5.96. The van der Waals surface area contributed by atoms with Crippen molar-refractivity contribution in [1.29, 1.82) is 0 Å². The van der Waals surface area contributed by atoms with Crippen molar-refractivity contribution in [3.63, 3.8) is 0 Å². The Morgan fingerprint density at radius 1 is 1.20 bits per heavy atom. The van der Waals surface area contributed by atoms with E-state index < -0.39 is 0 Å². The van der Waals surface area contributed by atoms with Crippen molar-refractivity contribution in [3.05, 3.63) is 48.0 Å². The van der Waals surface area contributed by atoms with Crippen molar-refractivity contribution in [1.82, 2.24) is 15.0 Å². The summed E-state index contributed by atoms with van der Waals surface area (Å²) in [6.07, 6.45) is 2.30. The van der Waals surface area contributed by atoms with Gasteiger partial charge in [-0.05, 0) is 43.7 Å². The van der Waals surface area contributed by atoms with E-state index in [0.29, 0.717) is 36.1 Å². The number of anilines is 2. The van der Waals surface area contributed by atoms with Crippen molar-refractivity contribution < 1.29 is 9.13 Å². The topological polar surface area (TPSA) is 72.0 Å². The summed E-state index contributed by atoms with van der Waals surface area (Å²) in [5, 5.41) is 6.59. The summed E-state index contributed by atoms with van der Waals surface area (Å²) in [6, 6.07) is 8.17. The van der Waals surface area contributed by atoms with Crippen LogP contribution in [0.3, 0.4) is 0 Å². The highest BCUT2D eigenvalue weighted by molar-refractivity contribution is 5.86. The SMILES string of the molecule is C[C@H]1Nc2ccc3ncnc(c3n2)NCCCOc2ccc(F)cc21. The first kappa shape index (κ1) is 15.6. The Hall–Kier alpha value is -2.96. The molecule has 3 heterocycles. The predicted molar refractivity (Wildman–Crippen MR) is 94.4 cm³/mol. The Morgan fingerprint density at radius 2 is 2.12 bits per heavy atom. The van der Waals surface area contributed by atoms with Gasteiger partial charge in [-0.3, -0.25) is 0 Å². The van der Waals surface area contributed by atoms with Gasteiger partial charge in [0.2, 0.25) is 0 Å². The van der Waals surface area contributed by atoms with Crippen molar-refractivity contribution in [3.8, 4) is 5.75 Å². The Balaban J connectivity index is 1.78. The first-order valence-electron chi connectivity index (χ1n) is 8.25. The van der Waals surface area contributed by atoms with Gasteiger partial charge < -0.3 is 15.4 Å². The van der Waals surface area contributed by atoms with Crippen LogP contribution < -0.4 is 15.4 Å². The number of hydrogen-bond donors (Lipinski definition) is 2. The molecule has 0 radical (unpaired) electrons. The average molecular weight is 339 g/mol. The largest absolute Gasteiger partial charge is 0.493 e. The van der Waals surface area contributed by atoms with Crippen LogP contribution in [0.25, 0.3) is 11.0 Å². The number of fused-ring (bicyclic) bond motifs is 2. The zero-order valence-electron chi connectivity index (χ0n) is 13.8. The van der Waals surface area contributed by atoms with Crippen molar-refractivity contribution in [2.24, 2.45) is 0 Å². The molecule has 128 valence electrons. The zero-order chi connectivity index (χ0) is 17.2. The fourth-order valence-electron chi connectivity index (χ4n) is 2.90. The van der Waals surface area contributed by atoms with Gasteiger partial charge in [-0.25, -0.2) is 19.3 Å². The average Bonchev–Trinajstić information content (AvgIpc) is 2.63. The Bertz CT molecular complexity index is 917. The van der Waals surface area contributed by atoms with Gasteiger partial charge in [0.05, 0.1) is 18.2 Å². The molecule has 0 saturated heterocycles.